The summed E-state index contributed by atoms with van der Waals surface area (Å²) in [5.41, 5.74) is 1.91. The molecule has 0 radical (unpaired) electrons. The van der Waals surface area contributed by atoms with Crippen LogP contribution in [-0.4, -0.2) is 57.7 Å². The van der Waals surface area contributed by atoms with Gasteiger partial charge in [-0.15, -0.1) is 0 Å². The number of urea groups is 1. The van der Waals surface area contributed by atoms with Gasteiger partial charge in [-0.25, -0.2) is 14.8 Å². The average molecular weight is 455 g/mol. The Balaban J connectivity index is 1.46. The first-order chi connectivity index (χ1) is 15.6. The summed E-state index contributed by atoms with van der Waals surface area (Å²) in [5.74, 6) is -3.12. The lowest BCUT2D eigenvalue weighted by Gasteiger charge is -2.43. The van der Waals surface area contributed by atoms with Gasteiger partial charge >= 0.3 is 6.03 Å². The second-order valence-electron chi connectivity index (χ2n) is 9.44. The third kappa shape index (κ3) is 2.64. The van der Waals surface area contributed by atoms with Gasteiger partial charge in [-0.2, -0.15) is 8.78 Å². The SMILES string of the molecule is C[C@H]1[C@H](O)CN1c1nc(-c2ccc3c(c2)CC[C@]32NC(=O)N(C)C2=O)c2c(n1)C(F)(F)CC2. The van der Waals surface area contributed by atoms with Crippen molar-refractivity contribution in [2.45, 2.75) is 56.2 Å². The summed E-state index contributed by atoms with van der Waals surface area (Å²) < 4.78 is 29.3. The highest BCUT2D eigenvalue weighted by molar-refractivity contribution is 6.07. The van der Waals surface area contributed by atoms with E-state index in [-0.39, 0.29) is 36.4 Å². The highest BCUT2D eigenvalue weighted by Crippen LogP contribution is 2.47. The number of nitrogens with zero attached hydrogens (tertiary/aromatic N) is 4. The lowest BCUT2D eigenvalue weighted by molar-refractivity contribution is -0.130. The van der Waals surface area contributed by atoms with E-state index in [9.17, 15) is 23.5 Å². The van der Waals surface area contributed by atoms with Crippen LogP contribution in [0, 0.1) is 0 Å². The third-order valence-corrected chi connectivity index (χ3v) is 7.62. The predicted octanol–water partition coefficient (Wildman–Crippen LogP) is 2.07. The molecule has 2 fully saturated rings. The molecule has 3 atom stereocenters. The highest BCUT2D eigenvalue weighted by Gasteiger charge is 2.54. The van der Waals surface area contributed by atoms with Crippen LogP contribution in [0.3, 0.4) is 0 Å². The van der Waals surface area contributed by atoms with Crippen LogP contribution >= 0.6 is 0 Å². The Bertz CT molecular complexity index is 1230. The van der Waals surface area contributed by atoms with Gasteiger partial charge in [-0.1, -0.05) is 12.1 Å². The second-order valence-corrected chi connectivity index (χ2v) is 9.44. The van der Waals surface area contributed by atoms with Crippen molar-refractivity contribution in [2.24, 2.45) is 0 Å². The number of aryl methyl sites for hydroxylation is 1. The Kier molecular flexibility index (Phi) is 4.01. The van der Waals surface area contributed by atoms with Gasteiger partial charge < -0.3 is 15.3 Å². The molecule has 2 saturated heterocycles. The fourth-order valence-corrected chi connectivity index (χ4v) is 5.50. The first kappa shape index (κ1) is 20.5. The number of anilines is 1. The monoisotopic (exact) mass is 455 g/mol. The number of carbonyl (C=O) groups excluding carboxylic acids is 2. The molecule has 6 rings (SSSR count). The molecule has 1 spiro atoms. The molecule has 8 nitrogen and oxygen atoms in total. The van der Waals surface area contributed by atoms with Crippen molar-refractivity contribution in [2.75, 3.05) is 18.5 Å². The summed E-state index contributed by atoms with van der Waals surface area (Å²) in [5, 5.41) is 12.7. The molecular formula is C23H23F2N5O3. The molecule has 4 aliphatic rings. The number of amides is 3. The molecule has 10 heteroatoms. The van der Waals surface area contributed by atoms with Crippen LogP contribution < -0.4 is 10.2 Å². The lowest BCUT2D eigenvalue weighted by Crippen LogP contribution is -2.59. The molecule has 33 heavy (non-hydrogen) atoms. The molecule has 1 aromatic carbocycles. The molecular weight excluding hydrogens is 432 g/mol. The van der Waals surface area contributed by atoms with Gasteiger partial charge in [0.2, 0.25) is 5.95 Å². The first-order valence-electron chi connectivity index (χ1n) is 11.1. The minimum Gasteiger partial charge on any atom is -0.389 e. The Hall–Kier alpha value is -3.14. The Morgan fingerprint density at radius 1 is 1.18 bits per heavy atom. The number of β-amino-alcohol motifs (C(OH)–C–C–N with tert-alkyl or cyclic N) is 1. The Labute approximate surface area is 188 Å². The van der Waals surface area contributed by atoms with Crippen molar-refractivity contribution < 1.29 is 23.5 Å². The number of rotatable bonds is 2. The molecule has 2 aromatic rings. The predicted molar refractivity (Wildman–Crippen MR) is 114 cm³/mol. The van der Waals surface area contributed by atoms with Crippen molar-refractivity contribution in [1.82, 2.24) is 20.2 Å². The molecule has 3 amide bonds. The maximum absolute atomic E-state index is 14.7. The number of carbonyl (C=O) groups is 2. The van der Waals surface area contributed by atoms with Crippen LogP contribution in [0.25, 0.3) is 11.3 Å². The number of hydrogen-bond donors (Lipinski definition) is 2. The van der Waals surface area contributed by atoms with Crippen LogP contribution in [0.4, 0.5) is 19.5 Å². The fourth-order valence-electron chi connectivity index (χ4n) is 5.50. The van der Waals surface area contributed by atoms with Crippen molar-refractivity contribution in [1.29, 1.82) is 0 Å². The van der Waals surface area contributed by atoms with Gasteiger partial charge in [0.15, 0.2) is 0 Å². The molecule has 2 aliphatic heterocycles. The van der Waals surface area contributed by atoms with Crippen LogP contribution in [-0.2, 0) is 29.1 Å². The summed E-state index contributed by atoms with van der Waals surface area (Å²) in [6.45, 7) is 2.11. The highest BCUT2D eigenvalue weighted by atomic mass is 19.3. The van der Waals surface area contributed by atoms with Crippen molar-refractivity contribution in [3.63, 3.8) is 0 Å². The average Bonchev–Trinajstić information content (AvgIpc) is 3.39. The van der Waals surface area contributed by atoms with E-state index in [0.717, 1.165) is 16.0 Å². The zero-order valence-electron chi connectivity index (χ0n) is 18.2. The summed E-state index contributed by atoms with van der Waals surface area (Å²) in [6.07, 6.45) is 0.353. The van der Waals surface area contributed by atoms with E-state index in [1.54, 1.807) is 24.0 Å². The number of alkyl halides is 2. The van der Waals surface area contributed by atoms with E-state index in [0.29, 0.717) is 36.2 Å². The number of aliphatic hydroxyl groups excluding tert-OH is 1. The maximum atomic E-state index is 14.7. The van der Waals surface area contributed by atoms with Gasteiger partial charge in [-0.3, -0.25) is 9.69 Å². The minimum atomic E-state index is -3.03. The van der Waals surface area contributed by atoms with E-state index in [1.165, 1.54) is 7.05 Å². The summed E-state index contributed by atoms with van der Waals surface area (Å²) in [7, 11) is 1.46. The Morgan fingerprint density at radius 2 is 1.97 bits per heavy atom. The zero-order chi connectivity index (χ0) is 23.3. The van der Waals surface area contributed by atoms with Crippen molar-refractivity contribution in [3.8, 4) is 11.3 Å². The summed E-state index contributed by atoms with van der Waals surface area (Å²) in [6, 6.07) is 4.79. The number of aliphatic hydroxyl groups is 1. The van der Waals surface area contributed by atoms with E-state index < -0.39 is 23.6 Å². The molecule has 0 unspecified atom stereocenters. The van der Waals surface area contributed by atoms with Crippen molar-refractivity contribution in [3.05, 3.63) is 40.6 Å². The van der Waals surface area contributed by atoms with Crippen LogP contribution in [0.5, 0.6) is 0 Å². The first-order valence-corrected chi connectivity index (χ1v) is 11.1. The minimum absolute atomic E-state index is 0.177. The number of halogens is 2. The van der Waals surface area contributed by atoms with Crippen molar-refractivity contribution >= 4 is 17.9 Å². The Morgan fingerprint density at radius 3 is 2.64 bits per heavy atom. The molecule has 2 aliphatic carbocycles. The molecule has 0 saturated carbocycles. The van der Waals surface area contributed by atoms with Gasteiger partial charge in [0.05, 0.1) is 17.8 Å². The second kappa shape index (κ2) is 6.47. The quantitative estimate of drug-likeness (QED) is 0.673. The largest absolute Gasteiger partial charge is 0.389 e. The van der Waals surface area contributed by atoms with Crippen LogP contribution in [0.1, 0.15) is 42.1 Å². The van der Waals surface area contributed by atoms with Crippen LogP contribution in [0.15, 0.2) is 18.2 Å². The molecule has 3 heterocycles. The normalized spacial score (nSPS) is 29.4. The van der Waals surface area contributed by atoms with Gasteiger partial charge in [0.25, 0.3) is 11.8 Å². The lowest BCUT2D eigenvalue weighted by atomic mass is 9.90. The molecule has 0 bridgehead atoms. The van der Waals surface area contributed by atoms with Gasteiger partial charge in [0.1, 0.15) is 11.2 Å². The maximum Gasteiger partial charge on any atom is 0.325 e. The topological polar surface area (TPSA) is 98.7 Å². The number of benzene rings is 1. The van der Waals surface area contributed by atoms with Crippen LogP contribution in [0.2, 0.25) is 0 Å². The van der Waals surface area contributed by atoms with E-state index in [1.807, 2.05) is 6.07 Å². The molecule has 1 aromatic heterocycles. The number of nitrogens with one attached hydrogen (secondary N) is 1. The van der Waals surface area contributed by atoms with E-state index in [2.05, 4.69) is 15.3 Å². The summed E-state index contributed by atoms with van der Waals surface area (Å²) >= 11 is 0. The van der Waals surface area contributed by atoms with Gasteiger partial charge in [-0.05, 0) is 43.4 Å². The van der Waals surface area contributed by atoms with Gasteiger partial charge in [0, 0.05) is 31.1 Å². The fraction of sp³-hybridized carbons (Fsp3) is 0.478. The van der Waals surface area contributed by atoms with E-state index >= 15 is 0 Å². The standard InChI is InChI=1S/C23H23F2N5O3/c1-11-16(31)10-30(11)20-26-17(14-6-8-23(24,25)18(14)27-20)13-3-4-15-12(9-13)5-7-22(15)19(32)29(2)21(33)28-22/h3-4,9,11,16,31H,5-8,10H2,1-2H3,(H,28,33)/t11-,16+,22-/m0/s1. The number of likely N-dealkylation sites (N-methyl/N-ethyl adjacent to an activating group) is 1. The summed E-state index contributed by atoms with van der Waals surface area (Å²) in [4.78, 5) is 36.6. The zero-order valence-corrected chi connectivity index (χ0v) is 18.2. The third-order valence-electron chi connectivity index (χ3n) is 7.62. The number of fused-ring (bicyclic) bond motifs is 3. The molecule has 172 valence electrons. The number of aromatic nitrogens is 2. The number of imide groups is 1. The number of hydrogen-bond acceptors (Lipinski definition) is 6. The molecule has 2 N–H and O–H groups in total. The van der Waals surface area contributed by atoms with E-state index in [4.69, 9.17) is 0 Å². The smallest absolute Gasteiger partial charge is 0.325 e.